The van der Waals surface area contributed by atoms with Gasteiger partial charge >= 0.3 is 0 Å². The van der Waals surface area contributed by atoms with Gasteiger partial charge in [0.25, 0.3) is 5.91 Å². The zero-order chi connectivity index (χ0) is 13.1. The molecule has 0 spiro atoms. The lowest BCUT2D eigenvalue weighted by Gasteiger charge is -2.22. The van der Waals surface area contributed by atoms with Gasteiger partial charge in [0.05, 0.1) is 6.10 Å². The van der Waals surface area contributed by atoms with Crippen LogP contribution in [0.15, 0.2) is 18.2 Å². The van der Waals surface area contributed by atoms with Crippen molar-refractivity contribution in [3.63, 3.8) is 0 Å². The highest BCUT2D eigenvalue weighted by Crippen LogP contribution is 2.32. The lowest BCUT2D eigenvalue weighted by molar-refractivity contribution is -0.126. The molecule has 98 valence electrons. The van der Waals surface area contributed by atoms with E-state index >= 15 is 0 Å². The number of hydrogen-bond donors (Lipinski definition) is 2. The van der Waals surface area contributed by atoms with Crippen molar-refractivity contribution >= 4 is 5.91 Å². The fraction of sp³-hybridized carbons (Fsp3) is 0.500. The monoisotopic (exact) mass is 249 g/mol. The number of amides is 1. The molecule has 0 radical (unpaired) electrons. The average molecular weight is 249 g/mol. The summed E-state index contributed by atoms with van der Waals surface area (Å²) in [5.41, 5.74) is 2.11. The topological polar surface area (TPSA) is 58.6 Å². The fourth-order valence-electron chi connectivity index (χ4n) is 2.29. The van der Waals surface area contributed by atoms with Gasteiger partial charge in [-0.1, -0.05) is 6.07 Å². The summed E-state index contributed by atoms with van der Waals surface area (Å²) in [5, 5.41) is 12.5. The van der Waals surface area contributed by atoms with E-state index in [0.29, 0.717) is 5.75 Å². The van der Waals surface area contributed by atoms with Gasteiger partial charge in [0.2, 0.25) is 0 Å². The van der Waals surface area contributed by atoms with Crippen LogP contribution in [0.1, 0.15) is 37.0 Å². The molecule has 0 saturated heterocycles. The van der Waals surface area contributed by atoms with Crippen LogP contribution in [0.3, 0.4) is 0 Å². The molecular formula is C14H19NO3. The first-order valence-electron chi connectivity index (χ1n) is 6.31. The molecule has 2 atom stereocenters. The molecule has 0 heterocycles. The predicted octanol–water partition coefficient (Wildman–Crippen LogP) is 1.57. The van der Waals surface area contributed by atoms with Crippen LogP contribution < -0.4 is 10.1 Å². The third kappa shape index (κ3) is 2.64. The molecule has 1 aliphatic rings. The van der Waals surface area contributed by atoms with Gasteiger partial charge in [0, 0.05) is 7.05 Å². The van der Waals surface area contributed by atoms with Crippen LogP contribution in [-0.2, 0) is 11.2 Å². The summed E-state index contributed by atoms with van der Waals surface area (Å²) in [7, 11) is 1.58. The Morgan fingerprint density at radius 3 is 3.06 bits per heavy atom. The number of ether oxygens (including phenoxy) is 1. The third-order valence-electron chi connectivity index (χ3n) is 3.33. The standard InChI is InChI=1S/C14H19NO3/c1-9(14(17)15-2)18-11-7-6-10-4-3-5-13(16)12(10)8-11/h6-9,13,16H,3-5H2,1-2H3,(H,15,17)/t9?,13-/m0/s1. The molecule has 1 aliphatic carbocycles. The summed E-state index contributed by atoms with van der Waals surface area (Å²) in [6.45, 7) is 1.70. The summed E-state index contributed by atoms with van der Waals surface area (Å²) in [6, 6.07) is 5.68. The smallest absolute Gasteiger partial charge is 0.260 e. The zero-order valence-corrected chi connectivity index (χ0v) is 10.8. The fourth-order valence-corrected chi connectivity index (χ4v) is 2.29. The van der Waals surface area contributed by atoms with Gasteiger partial charge in [-0.2, -0.15) is 0 Å². The number of aryl methyl sites for hydroxylation is 1. The van der Waals surface area contributed by atoms with E-state index in [2.05, 4.69) is 5.32 Å². The summed E-state index contributed by atoms with van der Waals surface area (Å²) in [6.07, 6.45) is 1.86. The summed E-state index contributed by atoms with van der Waals surface area (Å²) in [4.78, 5) is 11.4. The van der Waals surface area contributed by atoms with E-state index in [1.54, 1.807) is 14.0 Å². The number of aliphatic hydroxyl groups excluding tert-OH is 1. The Kier molecular flexibility index (Phi) is 3.87. The zero-order valence-electron chi connectivity index (χ0n) is 10.8. The van der Waals surface area contributed by atoms with E-state index in [4.69, 9.17) is 4.74 Å². The highest BCUT2D eigenvalue weighted by molar-refractivity contribution is 5.80. The second-order valence-corrected chi connectivity index (χ2v) is 4.64. The average Bonchev–Trinajstić information content (AvgIpc) is 2.38. The van der Waals surface area contributed by atoms with Gasteiger partial charge in [-0.05, 0) is 49.4 Å². The van der Waals surface area contributed by atoms with Crippen molar-refractivity contribution in [3.05, 3.63) is 29.3 Å². The van der Waals surface area contributed by atoms with Crippen molar-refractivity contribution in [2.24, 2.45) is 0 Å². The lowest BCUT2D eigenvalue weighted by atomic mass is 9.89. The number of nitrogens with one attached hydrogen (secondary N) is 1. The largest absolute Gasteiger partial charge is 0.481 e. The number of rotatable bonds is 3. The Morgan fingerprint density at radius 2 is 2.33 bits per heavy atom. The van der Waals surface area contributed by atoms with Gasteiger partial charge in [-0.15, -0.1) is 0 Å². The Hall–Kier alpha value is -1.55. The van der Waals surface area contributed by atoms with Crippen molar-refractivity contribution in [2.75, 3.05) is 7.05 Å². The summed E-state index contributed by atoms with van der Waals surface area (Å²) in [5.74, 6) is 0.471. The van der Waals surface area contributed by atoms with E-state index in [1.165, 1.54) is 5.56 Å². The van der Waals surface area contributed by atoms with E-state index < -0.39 is 12.2 Å². The second-order valence-electron chi connectivity index (χ2n) is 4.64. The van der Waals surface area contributed by atoms with E-state index in [9.17, 15) is 9.90 Å². The molecule has 4 heteroatoms. The van der Waals surface area contributed by atoms with Crippen molar-refractivity contribution in [2.45, 2.75) is 38.4 Å². The highest BCUT2D eigenvalue weighted by Gasteiger charge is 2.19. The van der Waals surface area contributed by atoms with Crippen LogP contribution in [0.25, 0.3) is 0 Å². The summed E-state index contributed by atoms with van der Waals surface area (Å²) >= 11 is 0. The number of carbonyl (C=O) groups is 1. The van der Waals surface area contributed by atoms with Crippen molar-refractivity contribution in [3.8, 4) is 5.75 Å². The Morgan fingerprint density at radius 1 is 1.56 bits per heavy atom. The minimum atomic E-state index is -0.534. The first-order valence-corrected chi connectivity index (χ1v) is 6.31. The van der Waals surface area contributed by atoms with Gasteiger partial charge < -0.3 is 15.2 Å². The molecule has 2 N–H and O–H groups in total. The summed E-state index contributed by atoms with van der Waals surface area (Å²) < 4.78 is 5.56. The SMILES string of the molecule is CNC(=O)C(C)Oc1ccc2c(c1)[C@@H](O)CCC2. The van der Waals surface area contributed by atoms with Crippen molar-refractivity contribution in [1.29, 1.82) is 0 Å². The quantitative estimate of drug-likeness (QED) is 0.855. The highest BCUT2D eigenvalue weighted by atomic mass is 16.5. The third-order valence-corrected chi connectivity index (χ3v) is 3.33. The van der Waals surface area contributed by atoms with Gasteiger partial charge in [-0.3, -0.25) is 4.79 Å². The number of benzene rings is 1. The minimum Gasteiger partial charge on any atom is -0.481 e. The molecule has 0 aromatic heterocycles. The molecule has 2 rings (SSSR count). The molecule has 0 bridgehead atoms. The second kappa shape index (κ2) is 5.40. The molecule has 4 nitrogen and oxygen atoms in total. The molecule has 0 aliphatic heterocycles. The van der Waals surface area contributed by atoms with E-state index in [0.717, 1.165) is 24.8 Å². The molecule has 1 unspecified atom stereocenters. The Bertz CT molecular complexity index is 445. The number of fused-ring (bicyclic) bond motifs is 1. The predicted molar refractivity (Wildman–Crippen MR) is 68.5 cm³/mol. The first-order chi connectivity index (χ1) is 8.61. The van der Waals surface area contributed by atoms with Crippen LogP contribution in [0.4, 0.5) is 0 Å². The van der Waals surface area contributed by atoms with Crippen molar-refractivity contribution < 1.29 is 14.6 Å². The van der Waals surface area contributed by atoms with Crippen LogP contribution in [0.5, 0.6) is 5.75 Å². The Labute approximate surface area is 107 Å². The number of hydrogen-bond acceptors (Lipinski definition) is 3. The molecule has 18 heavy (non-hydrogen) atoms. The maximum atomic E-state index is 11.4. The number of likely N-dealkylation sites (N-methyl/N-ethyl adjacent to an activating group) is 1. The van der Waals surface area contributed by atoms with E-state index in [-0.39, 0.29) is 5.91 Å². The van der Waals surface area contributed by atoms with Crippen LogP contribution in [-0.4, -0.2) is 24.2 Å². The maximum Gasteiger partial charge on any atom is 0.260 e. The lowest BCUT2D eigenvalue weighted by Crippen LogP contribution is -2.33. The first kappa shape index (κ1) is 12.9. The molecule has 1 amide bonds. The van der Waals surface area contributed by atoms with Crippen LogP contribution >= 0.6 is 0 Å². The maximum absolute atomic E-state index is 11.4. The molecule has 0 saturated carbocycles. The van der Waals surface area contributed by atoms with Gasteiger partial charge in [-0.25, -0.2) is 0 Å². The molecule has 1 aromatic carbocycles. The Balaban J connectivity index is 2.15. The number of aliphatic hydroxyl groups is 1. The van der Waals surface area contributed by atoms with Crippen LogP contribution in [0, 0.1) is 0 Å². The molecule has 0 fully saturated rings. The minimum absolute atomic E-state index is 0.159. The normalized spacial score (nSPS) is 19.8. The molecular weight excluding hydrogens is 230 g/mol. The van der Waals surface area contributed by atoms with E-state index in [1.807, 2.05) is 18.2 Å². The molecule has 1 aromatic rings. The van der Waals surface area contributed by atoms with Crippen molar-refractivity contribution in [1.82, 2.24) is 5.32 Å². The number of carbonyl (C=O) groups excluding carboxylic acids is 1. The van der Waals surface area contributed by atoms with Gasteiger partial charge in [0.1, 0.15) is 5.75 Å². The van der Waals surface area contributed by atoms with Gasteiger partial charge in [0.15, 0.2) is 6.10 Å². The van der Waals surface area contributed by atoms with Crippen LogP contribution in [0.2, 0.25) is 0 Å².